The van der Waals surface area contributed by atoms with E-state index >= 15 is 0 Å². The molecule has 120 valence electrons. The first-order valence-electron chi connectivity index (χ1n) is 7.43. The summed E-state index contributed by atoms with van der Waals surface area (Å²) < 4.78 is 10.7. The van der Waals surface area contributed by atoms with E-state index in [0.717, 1.165) is 37.7 Å². The summed E-state index contributed by atoms with van der Waals surface area (Å²) in [6.45, 7) is 6.55. The summed E-state index contributed by atoms with van der Waals surface area (Å²) in [5.41, 5.74) is 1.25. The van der Waals surface area contributed by atoms with E-state index in [1.807, 2.05) is 6.07 Å². The van der Waals surface area contributed by atoms with Crippen molar-refractivity contribution < 1.29 is 9.47 Å². The third-order valence-corrected chi connectivity index (χ3v) is 3.86. The summed E-state index contributed by atoms with van der Waals surface area (Å²) >= 11 is 0. The topological polar surface area (TPSA) is 33.7 Å². The van der Waals surface area contributed by atoms with Crippen LogP contribution in [-0.4, -0.2) is 44.8 Å². The van der Waals surface area contributed by atoms with Crippen molar-refractivity contribution in [3.8, 4) is 11.5 Å². The van der Waals surface area contributed by atoms with Crippen molar-refractivity contribution in [1.29, 1.82) is 0 Å². The molecule has 0 aromatic heterocycles. The van der Waals surface area contributed by atoms with Gasteiger partial charge in [-0.1, -0.05) is 6.92 Å². The first-order chi connectivity index (χ1) is 9.76. The van der Waals surface area contributed by atoms with Crippen molar-refractivity contribution in [1.82, 2.24) is 10.2 Å². The average Bonchev–Trinajstić information content (AvgIpc) is 3.00. The molecule has 2 rings (SSSR count). The Bertz CT molecular complexity index is 400. The molecule has 1 aromatic rings. The highest BCUT2D eigenvalue weighted by Gasteiger charge is 2.22. The van der Waals surface area contributed by atoms with Crippen LogP contribution in [0.3, 0.4) is 0 Å². The van der Waals surface area contributed by atoms with Crippen molar-refractivity contribution >= 4 is 12.4 Å². The Hall–Kier alpha value is -0.970. The Labute approximate surface area is 134 Å². The predicted octanol–water partition coefficient (Wildman–Crippen LogP) is 2.70. The Morgan fingerprint density at radius 1 is 1.19 bits per heavy atom. The number of benzene rings is 1. The first-order valence-corrected chi connectivity index (χ1v) is 7.43. The molecule has 0 aliphatic carbocycles. The van der Waals surface area contributed by atoms with Gasteiger partial charge in [0.1, 0.15) is 11.5 Å². The van der Waals surface area contributed by atoms with E-state index in [9.17, 15) is 0 Å². The van der Waals surface area contributed by atoms with Gasteiger partial charge in [-0.05, 0) is 43.6 Å². The summed E-state index contributed by atoms with van der Waals surface area (Å²) in [5, 5.41) is 3.45. The standard InChI is InChI=1S/C16H26N2O2.ClH/c1-4-7-18(14-5-6-17-11-14)12-13-8-15(19-2)10-16(9-13)20-3;/h8-10,14,17H,4-7,11-12H2,1-3H3;1H. The number of ether oxygens (including phenoxy) is 2. The summed E-state index contributed by atoms with van der Waals surface area (Å²) in [6.07, 6.45) is 2.42. The molecule has 1 aliphatic rings. The lowest BCUT2D eigenvalue weighted by Crippen LogP contribution is -2.36. The molecule has 1 atom stereocenters. The van der Waals surface area contributed by atoms with Crippen LogP contribution < -0.4 is 14.8 Å². The molecule has 4 nitrogen and oxygen atoms in total. The summed E-state index contributed by atoms with van der Waals surface area (Å²) in [6, 6.07) is 6.78. The van der Waals surface area contributed by atoms with Crippen LogP contribution in [0.4, 0.5) is 0 Å². The average molecular weight is 315 g/mol. The second-order valence-corrected chi connectivity index (χ2v) is 5.34. The van der Waals surface area contributed by atoms with E-state index in [2.05, 4.69) is 29.3 Å². The van der Waals surface area contributed by atoms with E-state index < -0.39 is 0 Å². The van der Waals surface area contributed by atoms with Crippen LogP contribution in [0.2, 0.25) is 0 Å². The van der Waals surface area contributed by atoms with E-state index in [-0.39, 0.29) is 12.4 Å². The van der Waals surface area contributed by atoms with Crippen molar-refractivity contribution in [2.75, 3.05) is 33.9 Å². The van der Waals surface area contributed by atoms with Gasteiger partial charge in [-0.15, -0.1) is 12.4 Å². The van der Waals surface area contributed by atoms with Gasteiger partial charge in [0.15, 0.2) is 0 Å². The Morgan fingerprint density at radius 3 is 2.33 bits per heavy atom. The molecule has 21 heavy (non-hydrogen) atoms. The molecule has 1 aliphatic heterocycles. The van der Waals surface area contributed by atoms with Crippen LogP contribution in [-0.2, 0) is 6.54 Å². The highest BCUT2D eigenvalue weighted by molar-refractivity contribution is 5.85. The largest absolute Gasteiger partial charge is 0.497 e. The molecule has 0 radical (unpaired) electrons. The second kappa shape index (κ2) is 9.13. The molecule has 1 heterocycles. The number of nitrogens with one attached hydrogen (secondary N) is 1. The monoisotopic (exact) mass is 314 g/mol. The molecule has 1 aromatic carbocycles. The zero-order chi connectivity index (χ0) is 14.4. The molecule has 5 heteroatoms. The van der Waals surface area contributed by atoms with Crippen molar-refractivity contribution in [3.05, 3.63) is 23.8 Å². The second-order valence-electron chi connectivity index (χ2n) is 5.34. The fraction of sp³-hybridized carbons (Fsp3) is 0.625. The lowest BCUT2D eigenvalue weighted by Gasteiger charge is -2.28. The van der Waals surface area contributed by atoms with Crippen LogP contribution in [0.1, 0.15) is 25.3 Å². The predicted molar refractivity (Wildman–Crippen MR) is 88.8 cm³/mol. The van der Waals surface area contributed by atoms with E-state index in [0.29, 0.717) is 6.04 Å². The fourth-order valence-electron chi connectivity index (χ4n) is 2.82. The van der Waals surface area contributed by atoms with Gasteiger partial charge in [0, 0.05) is 25.2 Å². The van der Waals surface area contributed by atoms with Crippen molar-refractivity contribution in [3.63, 3.8) is 0 Å². The SMILES string of the molecule is CCCN(Cc1cc(OC)cc(OC)c1)C1CCNC1.Cl. The van der Waals surface area contributed by atoms with Gasteiger partial charge in [-0.2, -0.15) is 0 Å². The number of nitrogens with zero attached hydrogens (tertiary/aromatic N) is 1. The normalized spacial score (nSPS) is 17.6. The van der Waals surface area contributed by atoms with Crippen LogP contribution in [0.25, 0.3) is 0 Å². The van der Waals surface area contributed by atoms with Gasteiger partial charge in [0.05, 0.1) is 14.2 Å². The number of rotatable bonds is 7. The molecule has 1 fully saturated rings. The minimum absolute atomic E-state index is 0. The van der Waals surface area contributed by atoms with E-state index in [4.69, 9.17) is 9.47 Å². The van der Waals surface area contributed by atoms with Crippen LogP contribution in [0.5, 0.6) is 11.5 Å². The van der Waals surface area contributed by atoms with Crippen molar-refractivity contribution in [2.45, 2.75) is 32.4 Å². The summed E-state index contributed by atoms with van der Waals surface area (Å²) in [7, 11) is 3.40. The quantitative estimate of drug-likeness (QED) is 0.839. The van der Waals surface area contributed by atoms with Gasteiger partial charge in [-0.25, -0.2) is 0 Å². The summed E-state index contributed by atoms with van der Waals surface area (Å²) in [5.74, 6) is 1.72. The molecular formula is C16H27ClN2O2. The van der Waals surface area contributed by atoms with Gasteiger partial charge in [0.25, 0.3) is 0 Å². The van der Waals surface area contributed by atoms with E-state index in [1.54, 1.807) is 14.2 Å². The Kier molecular flexibility index (Phi) is 7.86. The molecular weight excluding hydrogens is 288 g/mol. The van der Waals surface area contributed by atoms with Gasteiger partial charge < -0.3 is 14.8 Å². The lowest BCUT2D eigenvalue weighted by atomic mass is 10.1. The molecule has 1 unspecified atom stereocenters. The third kappa shape index (κ3) is 5.06. The number of hydrogen-bond donors (Lipinski definition) is 1. The number of hydrogen-bond acceptors (Lipinski definition) is 4. The third-order valence-electron chi connectivity index (χ3n) is 3.86. The van der Waals surface area contributed by atoms with Crippen LogP contribution in [0.15, 0.2) is 18.2 Å². The lowest BCUT2D eigenvalue weighted by molar-refractivity contribution is 0.199. The maximum atomic E-state index is 5.35. The first kappa shape index (κ1) is 18.1. The highest BCUT2D eigenvalue weighted by Crippen LogP contribution is 2.24. The maximum absolute atomic E-state index is 5.35. The molecule has 0 amide bonds. The minimum Gasteiger partial charge on any atom is -0.497 e. The molecule has 1 N–H and O–H groups in total. The molecule has 0 bridgehead atoms. The smallest absolute Gasteiger partial charge is 0.122 e. The minimum atomic E-state index is 0. The van der Waals surface area contributed by atoms with E-state index in [1.165, 1.54) is 18.4 Å². The van der Waals surface area contributed by atoms with Crippen molar-refractivity contribution in [2.24, 2.45) is 0 Å². The Morgan fingerprint density at radius 2 is 1.86 bits per heavy atom. The van der Waals surface area contributed by atoms with Crippen LogP contribution >= 0.6 is 12.4 Å². The maximum Gasteiger partial charge on any atom is 0.122 e. The highest BCUT2D eigenvalue weighted by atomic mass is 35.5. The molecule has 1 saturated heterocycles. The van der Waals surface area contributed by atoms with Gasteiger partial charge in [-0.3, -0.25) is 4.90 Å². The fourth-order valence-corrected chi connectivity index (χ4v) is 2.82. The Balaban J connectivity index is 0.00000220. The molecule has 0 spiro atoms. The van der Waals surface area contributed by atoms with Crippen LogP contribution in [0, 0.1) is 0 Å². The molecule has 0 saturated carbocycles. The zero-order valence-electron chi connectivity index (χ0n) is 13.2. The van der Waals surface area contributed by atoms with Gasteiger partial charge in [0.2, 0.25) is 0 Å². The number of halogens is 1. The van der Waals surface area contributed by atoms with Gasteiger partial charge >= 0.3 is 0 Å². The zero-order valence-corrected chi connectivity index (χ0v) is 14.0. The summed E-state index contributed by atoms with van der Waals surface area (Å²) in [4.78, 5) is 2.56. The number of methoxy groups -OCH3 is 2.